The molecule has 13 heavy (non-hydrogen) atoms. The summed E-state index contributed by atoms with van der Waals surface area (Å²) in [4.78, 5) is 5.20. The van der Waals surface area contributed by atoms with Crippen molar-refractivity contribution in [2.45, 2.75) is 50.4 Å². The molecule has 0 bridgehead atoms. The Morgan fingerprint density at radius 2 is 2.31 bits per heavy atom. The van der Waals surface area contributed by atoms with Crippen molar-refractivity contribution in [3.63, 3.8) is 0 Å². The smallest absolute Gasteiger partial charge is 0.122 e. The summed E-state index contributed by atoms with van der Waals surface area (Å²) in [6.07, 6.45) is 3.95. The number of oxime groups is 1. The molecule has 0 aromatic heterocycles. The van der Waals surface area contributed by atoms with Gasteiger partial charge in [-0.1, -0.05) is 38.0 Å². The molecule has 1 saturated heterocycles. The molecule has 0 spiro atoms. The molecule has 0 radical (unpaired) electrons. The molecule has 0 aliphatic carbocycles. The summed E-state index contributed by atoms with van der Waals surface area (Å²) >= 11 is 0. The van der Waals surface area contributed by atoms with Crippen LogP contribution in [0.25, 0.3) is 0 Å². The number of hydrogen-bond donors (Lipinski definition) is 0. The lowest BCUT2D eigenvalue weighted by Gasteiger charge is -2.28. The van der Waals surface area contributed by atoms with Crippen molar-refractivity contribution >= 4 is 13.8 Å². The molecule has 3 heteroatoms. The first-order valence-electron chi connectivity index (χ1n) is 5.35. The molecule has 0 aromatic rings. The highest BCUT2D eigenvalue weighted by molar-refractivity contribution is 6.85. The van der Waals surface area contributed by atoms with E-state index in [1.54, 1.807) is 0 Å². The molecule has 2 nitrogen and oxygen atoms in total. The van der Waals surface area contributed by atoms with E-state index in [2.05, 4.69) is 25.2 Å². The molecule has 2 atom stereocenters. The molecule has 1 fully saturated rings. The molecule has 74 valence electrons. The Hall–Kier alpha value is -0.313. The van der Waals surface area contributed by atoms with Crippen molar-refractivity contribution in [2.24, 2.45) is 5.16 Å². The first kappa shape index (κ1) is 9.25. The average molecular weight is 197 g/mol. The summed E-state index contributed by atoms with van der Waals surface area (Å²) in [7, 11) is -1.08. The van der Waals surface area contributed by atoms with E-state index in [-0.39, 0.29) is 0 Å². The Balaban J connectivity index is 2.16. The lowest BCUT2D eigenvalue weighted by atomic mass is 10.1. The van der Waals surface area contributed by atoms with Gasteiger partial charge in [-0.05, 0) is 12.0 Å². The van der Waals surface area contributed by atoms with Crippen LogP contribution < -0.4 is 0 Å². The number of nitrogens with zero attached hydrogens (tertiary/aromatic N) is 1. The second-order valence-corrected chi connectivity index (χ2v) is 10.1. The van der Waals surface area contributed by atoms with E-state index in [1.165, 1.54) is 25.0 Å². The fraction of sp³-hybridized carbons (Fsp3) is 0.900. The van der Waals surface area contributed by atoms with Gasteiger partial charge in [-0.2, -0.15) is 0 Å². The summed E-state index contributed by atoms with van der Waals surface area (Å²) in [5.74, 6) is 0. The Bertz CT molecular complexity index is 237. The first-order valence-corrected chi connectivity index (χ1v) is 8.50. The lowest BCUT2D eigenvalue weighted by molar-refractivity contribution is 0.172. The summed E-state index contributed by atoms with van der Waals surface area (Å²) in [5.41, 5.74) is 3.09. The Morgan fingerprint density at radius 1 is 1.54 bits per heavy atom. The van der Waals surface area contributed by atoms with Gasteiger partial charge in [0.25, 0.3) is 0 Å². The minimum Gasteiger partial charge on any atom is -0.395 e. The molecule has 0 saturated carbocycles. The third kappa shape index (κ3) is 1.33. The van der Waals surface area contributed by atoms with Gasteiger partial charge in [-0.25, -0.2) is 0 Å². The molecule has 0 aromatic carbocycles. The van der Waals surface area contributed by atoms with Gasteiger partial charge < -0.3 is 4.84 Å². The molecule has 2 heterocycles. The Morgan fingerprint density at radius 3 is 2.92 bits per heavy atom. The monoisotopic (exact) mass is 197 g/mol. The lowest BCUT2D eigenvalue weighted by Crippen LogP contribution is -2.34. The van der Waals surface area contributed by atoms with Crippen LogP contribution in [-0.2, 0) is 4.84 Å². The van der Waals surface area contributed by atoms with Crippen molar-refractivity contribution < 1.29 is 4.84 Å². The van der Waals surface area contributed by atoms with Crippen molar-refractivity contribution in [1.29, 1.82) is 0 Å². The predicted octanol–water partition coefficient (Wildman–Crippen LogP) is 3.03. The van der Waals surface area contributed by atoms with Crippen LogP contribution in [0.4, 0.5) is 0 Å². The quantitative estimate of drug-likeness (QED) is 0.624. The van der Waals surface area contributed by atoms with E-state index in [4.69, 9.17) is 4.84 Å². The second kappa shape index (κ2) is 3.12. The van der Waals surface area contributed by atoms with Crippen molar-refractivity contribution in [3.8, 4) is 0 Å². The van der Waals surface area contributed by atoms with Crippen LogP contribution in [0.15, 0.2) is 5.16 Å². The topological polar surface area (TPSA) is 21.6 Å². The van der Waals surface area contributed by atoms with Crippen LogP contribution in [-0.4, -0.2) is 20.4 Å². The Kier molecular flexibility index (Phi) is 2.22. The van der Waals surface area contributed by atoms with Crippen LogP contribution in [0.5, 0.6) is 0 Å². The number of fused-ring (bicyclic) bond motifs is 1. The van der Waals surface area contributed by atoms with Gasteiger partial charge in [-0.15, -0.1) is 0 Å². The van der Waals surface area contributed by atoms with Crippen molar-refractivity contribution in [1.82, 2.24) is 0 Å². The van der Waals surface area contributed by atoms with Gasteiger partial charge in [0.15, 0.2) is 0 Å². The third-order valence-corrected chi connectivity index (χ3v) is 8.76. The van der Waals surface area contributed by atoms with E-state index < -0.39 is 8.07 Å². The third-order valence-electron chi connectivity index (χ3n) is 3.87. The largest absolute Gasteiger partial charge is 0.395 e. The van der Waals surface area contributed by atoms with Gasteiger partial charge in [0.05, 0.1) is 13.8 Å². The second-order valence-electron chi connectivity index (χ2n) is 4.94. The highest BCUT2D eigenvalue weighted by Crippen LogP contribution is 2.49. The zero-order valence-corrected chi connectivity index (χ0v) is 9.84. The molecule has 0 unspecified atom stereocenters. The number of rotatable bonds is 2. The minimum atomic E-state index is -1.08. The van der Waals surface area contributed by atoms with Gasteiger partial charge in [-0.3, -0.25) is 0 Å². The maximum Gasteiger partial charge on any atom is 0.122 e. The van der Waals surface area contributed by atoms with E-state index in [0.717, 1.165) is 17.7 Å². The van der Waals surface area contributed by atoms with Gasteiger partial charge in [0.1, 0.15) is 6.61 Å². The summed E-state index contributed by atoms with van der Waals surface area (Å²) in [5, 5.41) is 4.18. The summed E-state index contributed by atoms with van der Waals surface area (Å²) in [6, 6.07) is 0. The zero-order valence-electron chi connectivity index (χ0n) is 8.84. The van der Waals surface area contributed by atoms with Crippen LogP contribution in [0.2, 0.25) is 24.2 Å². The summed E-state index contributed by atoms with van der Waals surface area (Å²) in [6.45, 7) is 8.19. The fourth-order valence-corrected chi connectivity index (χ4v) is 6.67. The van der Waals surface area contributed by atoms with Crippen molar-refractivity contribution in [3.05, 3.63) is 0 Å². The summed E-state index contributed by atoms with van der Waals surface area (Å²) < 4.78 is 0. The first-order chi connectivity index (χ1) is 6.16. The molecule has 0 N–H and O–H groups in total. The molecule has 2 aliphatic heterocycles. The molecular weight excluding hydrogens is 178 g/mol. The fourth-order valence-electron chi connectivity index (χ4n) is 2.80. The predicted molar refractivity (Wildman–Crippen MR) is 57.9 cm³/mol. The maximum absolute atomic E-state index is 5.20. The highest BCUT2D eigenvalue weighted by Gasteiger charge is 2.50. The SMILES string of the molecule is CCC[C@H]1CC2=NOC[C@H]2[Si]1(C)C. The van der Waals surface area contributed by atoms with Crippen LogP contribution in [0.3, 0.4) is 0 Å². The zero-order chi connectivity index (χ0) is 9.47. The minimum absolute atomic E-state index is 0.740. The molecule has 2 aliphatic rings. The Labute approximate surface area is 81.4 Å². The molecular formula is C10H19NOSi. The van der Waals surface area contributed by atoms with Crippen molar-refractivity contribution in [2.75, 3.05) is 6.61 Å². The maximum atomic E-state index is 5.20. The highest BCUT2D eigenvalue weighted by atomic mass is 28.3. The van der Waals surface area contributed by atoms with Gasteiger partial charge in [0.2, 0.25) is 0 Å². The van der Waals surface area contributed by atoms with Crippen LogP contribution >= 0.6 is 0 Å². The van der Waals surface area contributed by atoms with Crippen LogP contribution in [0.1, 0.15) is 26.2 Å². The van der Waals surface area contributed by atoms with E-state index >= 15 is 0 Å². The van der Waals surface area contributed by atoms with Gasteiger partial charge >= 0.3 is 0 Å². The van der Waals surface area contributed by atoms with Gasteiger partial charge in [0, 0.05) is 5.54 Å². The average Bonchev–Trinajstić information content (AvgIpc) is 2.58. The van der Waals surface area contributed by atoms with Crippen LogP contribution in [0, 0.1) is 0 Å². The molecule has 2 rings (SSSR count). The number of hydrogen-bond acceptors (Lipinski definition) is 2. The standard InChI is InChI=1S/C10H19NOSi/c1-4-5-8-6-9-10(7-12-11-9)13(8,2)3/h8,10H,4-7H2,1-3H3/t8-,10+/m0/s1. The van der Waals surface area contributed by atoms with E-state index in [1.807, 2.05) is 0 Å². The van der Waals surface area contributed by atoms with E-state index in [0.29, 0.717) is 0 Å². The normalized spacial score (nSPS) is 35.5. The van der Waals surface area contributed by atoms with E-state index in [9.17, 15) is 0 Å². The molecule has 0 amide bonds.